The van der Waals surface area contributed by atoms with Crippen molar-refractivity contribution in [2.75, 3.05) is 42.5 Å². The van der Waals surface area contributed by atoms with Crippen LogP contribution in [0, 0.1) is 11.8 Å². The van der Waals surface area contributed by atoms with Crippen molar-refractivity contribution in [2.45, 2.75) is 50.9 Å². The molecule has 12 heteroatoms. The van der Waals surface area contributed by atoms with E-state index in [9.17, 15) is 9.59 Å². The van der Waals surface area contributed by atoms with E-state index in [1.165, 1.54) is 38.2 Å². The Hall–Kier alpha value is -6.04. The van der Waals surface area contributed by atoms with E-state index in [0.717, 1.165) is 11.1 Å². The molecule has 0 radical (unpaired) electrons. The Morgan fingerprint density at radius 2 is 0.875 bits per heavy atom. The summed E-state index contributed by atoms with van der Waals surface area (Å²) in [6, 6.07) is 26.6. The van der Waals surface area contributed by atoms with Crippen molar-refractivity contribution in [3.05, 3.63) is 119 Å². The Kier molecular flexibility index (Phi) is 11.9. The Morgan fingerprint density at radius 1 is 0.536 bits per heavy atom. The molecule has 6 atom stereocenters. The summed E-state index contributed by atoms with van der Waals surface area (Å²) in [6.07, 6.45) is 0.0748. The molecule has 2 aliphatic rings. The lowest BCUT2D eigenvalue weighted by Gasteiger charge is -2.34. The standard InChI is InChI=1S/C44H50N4O8/c1-27-39(31-15-11-9-12-16-31)47(43(51)45(27)3)41(49)33(23-29-19-21-35(53-5)37(25-29)55-7)34(24-30-20-22-36(54-6)38(26-30)56-8)42(50)48-40(28(2)46(4)44(48)52)32-17-13-10-14-18-32/h9-22,25-28,33-34,39-40H,23-24H2,1-8H3/t27-,28-,33-,34+,39-,40-/m1/s1. The first-order valence-electron chi connectivity index (χ1n) is 18.7. The van der Waals surface area contributed by atoms with E-state index >= 15 is 9.59 Å². The summed E-state index contributed by atoms with van der Waals surface area (Å²) in [5.74, 6) is -1.44. The Bertz CT molecular complexity index is 1910. The van der Waals surface area contributed by atoms with E-state index in [-0.39, 0.29) is 24.9 Å². The van der Waals surface area contributed by atoms with E-state index in [4.69, 9.17) is 18.9 Å². The number of urea groups is 2. The molecule has 0 bridgehead atoms. The molecular weight excluding hydrogens is 713 g/mol. The normalized spacial score (nSPS) is 20.6. The van der Waals surface area contributed by atoms with Crippen LogP contribution in [-0.2, 0) is 22.4 Å². The summed E-state index contributed by atoms with van der Waals surface area (Å²) in [7, 11) is 9.48. The fraction of sp³-hybridized carbons (Fsp3) is 0.364. The third-order valence-electron chi connectivity index (χ3n) is 11.4. The van der Waals surface area contributed by atoms with E-state index in [1.54, 1.807) is 48.2 Å². The van der Waals surface area contributed by atoms with Crippen LogP contribution in [0.4, 0.5) is 9.59 Å². The number of imide groups is 2. The lowest BCUT2D eigenvalue weighted by atomic mass is 9.79. The van der Waals surface area contributed by atoms with Crippen LogP contribution < -0.4 is 18.9 Å². The molecule has 4 aromatic carbocycles. The second-order valence-corrected chi connectivity index (χ2v) is 14.4. The van der Waals surface area contributed by atoms with Crippen LogP contribution in [0.5, 0.6) is 23.0 Å². The summed E-state index contributed by atoms with van der Waals surface area (Å²) in [4.78, 5) is 65.3. The van der Waals surface area contributed by atoms with Crippen molar-refractivity contribution in [1.29, 1.82) is 0 Å². The molecule has 6 rings (SSSR count). The highest BCUT2D eigenvalue weighted by Crippen LogP contribution is 2.42. The number of likely N-dealkylation sites (N-methyl/N-ethyl adjacent to an activating group) is 2. The number of carbonyl (C=O) groups is 4. The molecule has 0 aromatic heterocycles. The van der Waals surface area contributed by atoms with Crippen LogP contribution in [0.1, 0.15) is 48.2 Å². The van der Waals surface area contributed by atoms with E-state index in [2.05, 4.69) is 0 Å². The Labute approximate surface area is 328 Å². The number of carbonyl (C=O) groups excluding carboxylic acids is 4. The van der Waals surface area contributed by atoms with Crippen molar-refractivity contribution in [1.82, 2.24) is 19.6 Å². The number of hydrogen-bond donors (Lipinski definition) is 0. The molecule has 2 aliphatic heterocycles. The van der Waals surface area contributed by atoms with Crippen molar-refractivity contribution in [3.8, 4) is 23.0 Å². The molecule has 0 unspecified atom stereocenters. The minimum absolute atomic E-state index is 0.0374. The molecule has 12 nitrogen and oxygen atoms in total. The smallest absolute Gasteiger partial charge is 0.327 e. The van der Waals surface area contributed by atoms with Crippen LogP contribution in [0.2, 0.25) is 0 Å². The highest BCUT2D eigenvalue weighted by atomic mass is 16.5. The zero-order chi connectivity index (χ0) is 40.3. The van der Waals surface area contributed by atoms with Gasteiger partial charge in [-0.15, -0.1) is 0 Å². The molecule has 56 heavy (non-hydrogen) atoms. The minimum atomic E-state index is -1.13. The van der Waals surface area contributed by atoms with Gasteiger partial charge in [0.2, 0.25) is 11.8 Å². The predicted molar refractivity (Wildman–Crippen MR) is 211 cm³/mol. The summed E-state index contributed by atoms with van der Waals surface area (Å²) in [5.41, 5.74) is 2.92. The topological polar surface area (TPSA) is 118 Å². The largest absolute Gasteiger partial charge is 0.493 e. The second kappa shape index (κ2) is 16.8. The lowest BCUT2D eigenvalue weighted by molar-refractivity contribution is -0.144. The number of rotatable bonds is 13. The van der Waals surface area contributed by atoms with Gasteiger partial charge in [0.05, 0.1) is 64.4 Å². The quantitative estimate of drug-likeness (QED) is 0.146. The van der Waals surface area contributed by atoms with Gasteiger partial charge in [-0.25, -0.2) is 9.59 Å². The van der Waals surface area contributed by atoms with Crippen LogP contribution in [0.15, 0.2) is 97.1 Å². The molecule has 6 amide bonds. The van der Waals surface area contributed by atoms with Crippen molar-refractivity contribution in [3.63, 3.8) is 0 Å². The average Bonchev–Trinajstić information content (AvgIpc) is 3.60. The Morgan fingerprint density at radius 3 is 1.20 bits per heavy atom. The zero-order valence-electron chi connectivity index (χ0n) is 33.2. The summed E-state index contributed by atoms with van der Waals surface area (Å²) in [5, 5.41) is 0. The molecule has 294 valence electrons. The highest BCUT2D eigenvalue weighted by molar-refractivity contribution is 6.03. The summed E-state index contributed by atoms with van der Waals surface area (Å²) in [6.45, 7) is 3.81. The number of methoxy groups -OCH3 is 4. The molecular formula is C44H50N4O8. The molecule has 0 N–H and O–H groups in total. The number of ether oxygens (including phenoxy) is 4. The predicted octanol–water partition coefficient (Wildman–Crippen LogP) is 6.79. The van der Waals surface area contributed by atoms with Gasteiger partial charge in [0, 0.05) is 14.1 Å². The van der Waals surface area contributed by atoms with Gasteiger partial charge in [-0.1, -0.05) is 72.8 Å². The molecule has 0 aliphatic carbocycles. The highest BCUT2D eigenvalue weighted by Gasteiger charge is 2.53. The summed E-state index contributed by atoms with van der Waals surface area (Å²) < 4.78 is 22.3. The van der Waals surface area contributed by atoms with Gasteiger partial charge in [-0.05, 0) is 73.2 Å². The number of benzene rings is 4. The van der Waals surface area contributed by atoms with Gasteiger partial charge in [-0.3, -0.25) is 19.4 Å². The van der Waals surface area contributed by atoms with Crippen molar-refractivity contribution < 1.29 is 38.1 Å². The maximum absolute atomic E-state index is 15.6. The molecule has 0 spiro atoms. The lowest BCUT2D eigenvalue weighted by Crippen LogP contribution is -2.49. The third kappa shape index (κ3) is 7.35. The molecule has 2 heterocycles. The van der Waals surface area contributed by atoms with E-state index in [1.807, 2.05) is 86.6 Å². The first-order valence-corrected chi connectivity index (χ1v) is 18.7. The van der Waals surface area contributed by atoms with Crippen LogP contribution in [0.25, 0.3) is 0 Å². The van der Waals surface area contributed by atoms with Crippen molar-refractivity contribution in [2.24, 2.45) is 11.8 Å². The Balaban J connectivity index is 1.55. The number of amides is 6. The fourth-order valence-electron chi connectivity index (χ4n) is 8.08. The van der Waals surface area contributed by atoms with Gasteiger partial charge in [0.15, 0.2) is 23.0 Å². The van der Waals surface area contributed by atoms with Gasteiger partial charge in [0.25, 0.3) is 0 Å². The van der Waals surface area contributed by atoms with Gasteiger partial charge >= 0.3 is 12.1 Å². The van der Waals surface area contributed by atoms with Gasteiger partial charge < -0.3 is 28.7 Å². The van der Waals surface area contributed by atoms with E-state index in [0.29, 0.717) is 34.1 Å². The number of hydrogen-bond acceptors (Lipinski definition) is 8. The zero-order valence-corrected chi connectivity index (χ0v) is 33.2. The first kappa shape index (κ1) is 39.6. The van der Waals surface area contributed by atoms with Gasteiger partial charge in [-0.2, -0.15) is 0 Å². The molecule has 0 saturated carbocycles. The van der Waals surface area contributed by atoms with Crippen LogP contribution in [0.3, 0.4) is 0 Å². The van der Waals surface area contributed by atoms with Crippen molar-refractivity contribution >= 4 is 23.9 Å². The maximum atomic E-state index is 15.6. The van der Waals surface area contributed by atoms with E-state index < -0.39 is 47.8 Å². The average molecular weight is 763 g/mol. The third-order valence-corrected chi connectivity index (χ3v) is 11.4. The first-order chi connectivity index (χ1) is 26.9. The second-order valence-electron chi connectivity index (χ2n) is 14.4. The van der Waals surface area contributed by atoms with Crippen LogP contribution in [-0.4, -0.2) is 98.1 Å². The van der Waals surface area contributed by atoms with Crippen LogP contribution >= 0.6 is 0 Å². The molecule has 2 fully saturated rings. The number of nitrogens with zero attached hydrogens (tertiary/aromatic N) is 4. The van der Waals surface area contributed by atoms with Gasteiger partial charge in [0.1, 0.15) is 0 Å². The summed E-state index contributed by atoms with van der Waals surface area (Å²) >= 11 is 0. The fourth-order valence-corrected chi connectivity index (χ4v) is 8.08. The maximum Gasteiger partial charge on any atom is 0.327 e. The minimum Gasteiger partial charge on any atom is -0.493 e. The SMILES string of the molecule is COc1ccc(C[C@H](C(=O)N2C(=O)N(C)[C@H](C)[C@@H]2c2ccccc2)[C@@H](Cc2ccc(OC)c(OC)c2)C(=O)N2C(=O)N(C)[C@H](C)[C@@H]2c2ccccc2)cc1OC. The molecule has 4 aromatic rings. The monoisotopic (exact) mass is 762 g/mol. The molecule has 2 saturated heterocycles.